The number of benzene rings is 1. The topological polar surface area (TPSA) is 47.0 Å². The maximum Gasteiger partial charge on any atom is 0.118 e. The average Bonchev–Trinajstić information content (AvgIpc) is 2.98. The Kier molecular flexibility index (Phi) is 5.30. The number of aromatic nitrogens is 2. The van der Waals surface area contributed by atoms with E-state index in [1.165, 1.54) is 22.0 Å². The van der Waals surface area contributed by atoms with Gasteiger partial charge in [0.05, 0.1) is 18.2 Å². The van der Waals surface area contributed by atoms with Crippen LogP contribution in [-0.4, -0.2) is 23.2 Å². The Morgan fingerprint density at radius 1 is 1.32 bits per heavy atom. The van der Waals surface area contributed by atoms with Gasteiger partial charge in [-0.1, -0.05) is 23.5 Å². The van der Waals surface area contributed by atoms with Gasteiger partial charge in [-0.25, -0.2) is 0 Å². The lowest BCUT2D eigenvalue weighted by atomic mass is 10.0. The molecule has 4 nitrogen and oxygen atoms in total. The van der Waals surface area contributed by atoms with E-state index < -0.39 is 0 Å². The molecule has 19 heavy (non-hydrogen) atoms. The summed E-state index contributed by atoms with van der Waals surface area (Å²) >= 11 is 1.47. The molecule has 0 aliphatic carbocycles. The largest absolute Gasteiger partial charge is 0.497 e. The minimum absolute atomic E-state index is 0.340. The van der Waals surface area contributed by atoms with Gasteiger partial charge >= 0.3 is 0 Å². The van der Waals surface area contributed by atoms with Crippen molar-refractivity contribution in [1.82, 2.24) is 14.9 Å². The number of rotatable bonds is 7. The van der Waals surface area contributed by atoms with E-state index in [0.29, 0.717) is 6.04 Å². The first kappa shape index (κ1) is 14.0. The van der Waals surface area contributed by atoms with E-state index in [2.05, 4.69) is 34.0 Å². The summed E-state index contributed by atoms with van der Waals surface area (Å²) in [5.74, 6) is 0.902. The van der Waals surface area contributed by atoms with Crippen LogP contribution in [0.5, 0.6) is 5.75 Å². The van der Waals surface area contributed by atoms with Crippen LogP contribution in [0.25, 0.3) is 0 Å². The van der Waals surface area contributed by atoms with Crippen molar-refractivity contribution in [2.24, 2.45) is 0 Å². The fourth-order valence-corrected chi connectivity index (χ4v) is 2.63. The first-order chi connectivity index (χ1) is 9.33. The van der Waals surface area contributed by atoms with Gasteiger partial charge in [-0.05, 0) is 48.6 Å². The number of aryl methyl sites for hydroxylation is 1. The zero-order valence-corrected chi connectivity index (χ0v) is 12.1. The second kappa shape index (κ2) is 7.21. The number of methoxy groups -OCH3 is 1. The Morgan fingerprint density at radius 2 is 2.11 bits per heavy atom. The van der Waals surface area contributed by atoms with Crippen LogP contribution in [-0.2, 0) is 6.42 Å². The maximum absolute atomic E-state index is 5.17. The smallest absolute Gasteiger partial charge is 0.118 e. The van der Waals surface area contributed by atoms with Gasteiger partial charge in [0.15, 0.2) is 0 Å². The second-order valence-corrected chi connectivity index (χ2v) is 5.13. The molecule has 0 spiro atoms. The summed E-state index contributed by atoms with van der Waals surface area (Å²) in [6.45, 7) is 3.07. The SMILES string of the molecule is CCNC(CCc1ccc(OC)cc1)c1cnns1. The standard InChI is InChI=1S/C14H19N3OS/c1-3-15-13(14-10-16-17-19-14)9-6-11-4-7-12(18-2)8-5-11/h4-5,7-8,10,13,15H,3,6,9H2,1-2H3. The highest BCUT2D eigenvalue weighted by Crippen LogP contribution is 2.22. The quantitative estimate of drug-likeness (QED) is 0.845. The molecule has 2 rings (SSSR count). The van der Waals surface area contributed by atoms with Crippen molar-refractivity contribution in [3.63, 3.8) is 0 Å². The second-order valence-electron chi connectivity index (χ2n) is 4.32. The minimum atomic E-state index is 0.340. The van der Waals surface area contributed by atoms with Crippen molar-refractivity contribution in [1.29, 1.82) is 0 Å². The highest BCUT2D eigenvalue weighted by Gasteiger charge is 2.12. The molecule has 1 aromatic heterocycles. The third-order valence-corrected chi connectivity index (χ3v) is 3.83. The van der Waals surface area contributed by atoms with Gasteiger partial charge in [0, 0.05) is 6.04 Å². The van der Waals surface area contributed by atoms with Crippen LogP contribution >= 0.6 is 11.5 Å². The molecule has 0 radical (unpaired) electrons. The fourth-order valence-electron chi connectivity index (χ4n) is 2.02. The van der Waals surface area contributed by atoms with Gasteiger partial charge in [0.1, 0.15) is 5.75 Å². The molecule has 1 heterocycles. The molecule has 0 aliphatic heterocycles. The van der Waals surface area contributed by atoms with E-state index in [1.807, 2.05) is 18.3 Å². The Labute approximate surface area is 118 Å². The van der Waals surface area contributed by atoms with Gasteiger partial charge in [0.25, 0.3) is 0 Å². The van der Waals surface area contributed by atoms with Gasteiger partial charge < -0.3 is 10.1 Å². The van der Waals surface area contributed by atoms with Crippen molar-refractivity contribution in [2.75, 3.05) is 13.7 Å². The molecule has 1 N–H and O–H groups in total. The number of hydrogen-bond donors (Lipinski definition) is 1. The Morgan fingerprint density at radius 3 is 2.68 bits per heavy atom. The number of nitrogens with one attached hydrogen (secondary N) is 1. The summed E-state index contributed by atoms with van der Waals surface area (Å²) in [5.41, 5.74) is 1.32. The zero-order chi connectivity index (χ0) is 13.5. The van der Waals surface area contributed by atoms with E-state index in [1.54, 1.807) is 7.11 Å². The van der Waals surface area contributed by atoms with Gasteiger partial charge in [0.2, 0.25) is 0 Å². The Bertz CT molecular complexity index is 470. The van der Waals surface area contributed by atoms with Crippen LogP contribution in [0.1, 0.15) is 29.8 Å². The highest BCUT2D eigenvalue weighted by molar-refractivity contribution is 7.05. The van der Waals surface area contributed by atoms with E-state index in [4.69, 9.17) is 4.74 Å². The van der Waals surface area contributed by atoms with E-state index in [0.717, 1.165) is 25.1 Å². The highest BCUT2D eigenvalue weighted by atomic mass is 32.1. The number of nitrogens with zero attached hydrogens (tertiary/aromatic N) is 2. The molecule has 0 aliphatic rings. The summed E-state index contributed by atoms with van der Waals surface area (Å²) in [5, 5.41) is 7.40. The number of ether oxygens (including phenoxy) is 1. The molecule has 1 unspecified atom stereocenters. The summed E-state index contributed by atoms with van der Waals surface area (Å²) in [4.78, 5) is 1.20. The molecule has 5 heteroatoms. The summed E-state index contributed by atoms with van der Waals surface area (Å²) in [6.07, 6.45) is 3.93. The third-order valence-electron chi connectivity index (χ3n) is 3.05. The normalized spacial score (nSPS) is 12.3. The van der Waals surface area contributed by atoms with Gasteiger partial charge in [-0.3, -0.25) is 0 Å². The monoisotopic (exact) mass is 277 g/mol. The van der Waals surface area contributed by atoms with Crippen LogP contribution in [0, 0.1) is 0 Å². The van der Waals surface area contributed by atoms with Crippen LogP contribution < -0.4 is 10.1 Å². The molecule has 0 saturated carbocycles. The molecule has 1 aromatic carbocycles. The van der Waals surface area contributed by atoms with Crippen LogP contribution in [0.4, 0.5) is 0 Å². The molecule has 2 aromatic rings. The summed E-state index contributed by atoms with van der Waals surface area (Å²) in [6, 6.07) is 8.59. The number of hydrogen-bond acceptors (Lipinski definition) is 5. The first-order valence-electron chi connectivity index (χ1n) is 6.47. The van der Waals surface area contributed by atoms with Crippen molar-refractivity contribution >= 4 is 11.5 Å². The summed E-state index contributed by atoms with van der Waals surface area (Å²) < 4.78 is 9.10. The van der Waals surface area contributed by atoms with E-state index in [-0.39, 0.29) is 0 Å². The molecular formula is C14H19N3OS. The molecule has 0 bridgehead atoms. The lowest BCUT2D eigenvalue weighted by molar-refractivity contribution is 0.414. The van der Waals surface area contributed by atoms with Gasteiger partial charge in [-0.15, -0.1) is 5.10 Å². The van der Waals surface area contributed by atoms with Crippen molar-refractivity contribution in [3.8, 4) is 5.75 Å². The predicted molar refractivity (Wildman–Crippen MR) is 77.6 cm³/mol. The zero-order valence-electron chi connectivity index (χ0n) is 11.3. The van der Waals surface area contributed by atoms with Crippen LogP contribution in [0.2, 0.25) is 0 Å². The molecular weight excluding hydrogens is 258 g/mol. The van der Waals surface area contributed by atoms with Crippen molar-refractivity contribution in [3.05, 3.63) is 40.9 Å². The Hall–Kier alpha value is -1.46. The third kappa shape index (κ3) is 4.01. The Balaban J connectivity index is 1.94. The minimum Gasteiger partial charge on any atom is -0.497 e. The lowest BCUT2D eigenvalue weighted by Crippen LogP contribution is -2.20. The predicted octanol–water partition coefficient (Wildman–Crippen LogP) is 2.83. The maximum atomic E-state index is 5.17. The average molecular weight is 277 g/mol. The molecule has 0 saturated heterocycles. The molecule has 0 amide bonds. The van der Waals surface area contributed by atoms with E-state index >= 15 is 0 Å². The lowest BCUT2D eigenvalue weighted by Gasteiger charge is -2.15. The van der Waals surface area contributed by atoms with E-state index in [9.17, 15) is 0 Å². The fraction of sp³-hybridized carbons (Fsp3) is 0.429. The summed E-state index contributed by atoms with van der Waals surface area (Å²) in [7, 11) is 1.69. The molecule has 102 valence electrons. The van der Waals surface area contributed by atoms with Crippen LogP contribution in [0.3, 0.4) is 0 Å². The molecule has 0 fully saturated rings. The molecule has 1 atom stereocenters. The van der Waals surface area contributed by atoms with Crippen molar-refractivity contribution < 1.29 is 4.74 Å². The van der Waals surface area contributed by atoms with Gasteiger partial charge in [-0.2, -0.15) is 0 Å². The van der Waals surface area contributed by atoms with Crippen molar-refractivity contribution in [2.45, 2.75) is 25.8 Å². The van der Waals surface area contributed by atoms with Crippen LogP contribution in [0.15, 0.2) is 30.5 Å². The first-order valence-corrected chi connectivity index (χ1v) is 7.24.